The molecule has 0 atom stereocenters. The van der Waals surface area contributed by atoms with Crippen LogP contribution in [0.3, 0.4) is 0 Å². The van der Waals surface area contributed by atoms with Crippen LogP contribution in [-0.2, 0) is 0 Å². The molecule has 10 aromatic rings. The van der Waals surface area contributed by atoms with E-state index < -0.39 is 0 Å². The topological polar surface area (TPSA) is 21.3 Å². The Bertz CT molecular complexity index is 2950. The monoisotopic (exact) mass is 624 g/mol. The summed E-state index contributed by atoms with van der Waals surface area (Å²) in [6.45, 7) is 0. The fourth-order valence-electron chi connectivity index (χ4n) is 8.26. The summed E-state index contributed by atoms with van der Waals surface area (Å²) in [5.41, 5.74) is 13.7. The van der Waals surface area contributed by atoms with Crippen LogP contribution >= 0.6 is 0 Å². The summed E-state index contributed by atoms with van der Waals surface area (Å²) >= 11 is 0. The molecule has 0 radical (unpaired) electrons. The van der Waals surface area contributed by atoms with E-state index in [2.05, 4.69) is 167 Å². The van der Waals surface area contributed by atoms with Crippen molar-refractivity contribution in [2.45, 2.75) is 0 Å². The van der Waals surface area contributed by atoms with Gasteiger partial charge in [0, 0.05) is 44.3 Å². The fourth-order valence-corrected chi connectivity index (χ4v) is 8.26. The molecule has 0 amide bonds. The number of furan rings is 1. The minimum absolute atomic E-state index is 0.891. The van der Waals surface area contributed by atoms with Gasteiger partial charge >= 0.3 is 0 Å². The molecule has 0 bridgehead atoms. The molecule has 3 nitrogen and oxygen atoms in total. The zero-order chi connectivity index (χ0) is 32.1. The van der Waals surface area contributed by atoms with E-state index in [1.165, 1.54) is 54.8 Å². The standard InChI is InChI=1S/C46H28N2O/c1-2-12-30(13-3-1)47(33-24-26-43-39(28-33)36-18-6-7-22-42(36)49-43)31-14-9-15-32(27-31)48-40-21-10-20-38-35-17-5-4-16-34(35)37-19-8-11-29-23-25-41(48)46(44(29)37)45(38)40/h1-28H. The van der Waals surface area contributed by atoms with Gasteiger partial charge in [0.2, 0.25) is 0 Å². The van der Waals surface area contributed by atoms with Crippen LogP contribution in [0.25, 0.3) is 82.5 Å². The van der Waals surface area contributed by atoms with Crippen LogP contribution in [-0.4, -0.2) is 4.57 Å². The molecule has 11 rings (SSSR count). The van der Waals surface area contributed by atoms with E-state index in [4.69, 9.17) is 4.42 Å². The molecule has 2 aromatic heterocycles. The van der Waals surface area contributed by atoms with Gasteiger partial charge in [0.25, 0.3) is 0 Å². The Hall–Kier alpha value is -6.58. The number of rotatable bonds is 4. The highest BCUT2D eigenvalue weighted by Gasteiger charge is 2.25. The predicted molar refractivity (Wildman–Crippen MR) is 205 cm³/mol. The first-order valence-corrected chi connectivity index (χ1v) is 16.8. The van der Waals surface area contributed by atoms with E-state index in [9.17, 15) is 0 Å². The number of benzene rings is 8. The normalized spacial score (nSPS) is 12.1. The van der Waals surface area contributed by atoms with Crippen molar-refractivity contribution < 1.29 is 4.42 Å². The van der Waals surface area contributed by atoms with Crippen molar-refractivity contribution in [3.63, 3.8) is 0 Å². The van der Waals surface area contributed by atoms with E-state index in [0.29, 0.717) is 0 Å². The maximum absolute atomic E-state index is 6.20. The largest absolute Gasteiger partial charge is 0.456 e. The number of anilines is 3. The number of fused-ring (bicyclic) bond motifs is 6. The molecule has 0 saturated carbocycles. The SMILES string of the molecule is c1ccc(N(c2cccc(-n3c4cccc5c4c4c6c(cccc6ccc43)-c3ccccc3-5)c2)c2ccc3oc4ccccc4c3c2)cc1. The van der Waals surface area contributed by atoms with Gasteiger partial charge in [0.1, 0.15) is 11.2 Å². The minimum atomic E-state index is 0.891. The third-order valence-electron chi connectivity index (χ3n) is 10.3. The minimum Gasteiger partial charge on any atom is -0.456 e. The molecule has 49 heavy (non-hydrogen) atoms. The lowest BCUT2D eigenvalue weighted by atomic mass is 9.93. The van der Waals surface area contributed by atoms with Gasteiger partial charge in [-0.05, 0) is 99.8 Å². The molecule has 8 aromatic carbocycles. The van der Waals surface area contributed by atoms with Gasteiger partial charge in [-0.1, -0.05) is 103 Å². The van der Waals surface area contributed by atoms with Crippen LogP contribution in [0.5, 0.6) is 0 Å². The molecule has 0 spiro atoms. The third kappa shape index (κ3) is 3.73. The Morgan fingerprint density at radius 3 is 1.92 bits per heavy atom. The lowest BCUT2D eigenvalue weighted by Gasteiger charge is -2.26. The van der Waals surface area contributed by atoms with E-state index in [1.807, 2.05) is 12.1 Å². The van der Waals surface area contributed by atoms with Gasteiger partial charge in [-0.25, -0.2) is 0 Å². The van der Waals surface area contributed by atoms with Crippen LogP contribution < -0.4 is 4.90 Å². The summed E-state index contributed by atoms with van der Waals surface area (Å²) in [5.74, 6) is 0. The Labute approximate surface area is 282 Å². The molecular weight excluding hydrogens is 597 g/mol. The molecule has 228 valence electrons. The summed E-state index contributed by atoms with van der Waals surface area (Å²) in [5, 5.41) is 7.44. The van der Waals surface area contributed by atoms with E-state index >= 15 is 0 Å². The van der Waals surface area contributed by atoms with E-state index in [1.54, 1.807) is 0 Å². The van der Waals surface area contributed by atoms with Crippen LogP contribution in [0, 0.1) is 0 Å². The first kappa shape index (κ1) is 26.5. The molecule has 1 aliphatic carbocycles. The van der Waals surface area contributed by atoms with Crippen molar-refractivity contribution in [3.8, 4) is 27.9 Å². The highest BCUT2D eigenvalue weighted by atomic mass is 16.3. The first-order valence-electron chi connectivity index (χ1n) is 16.8. The molecule has 0 N–H and O–H groups in total. The average molecular weight is 625 g/mol. The molecule has 3 heteroatoms. The first-order chi connectivity index (χ1) is 24.3. The molecule has 0 aliphatic heterocycles. The Morgan fingerprint density at radius 2 is 1.04 bits per heavy atom. The third-order valence-corrected chi connectivity index (χ3v) is 10.3. The number of para-hydroxylation sites is 2. The lowest BCUT2D eigenvalue weighted by molar-refractivity contribution is 0.669. The molecule has 1 aliphatic rings. The van der Waals surface area contributed by atoms with Crippen molar-refractivity contribution >= 4 is 71.6 Å². The van der Waals surface area contributed by atoms with Crippen molar-refractivity contribution in [1.82, 2.24) is 4.57 Å². The number of aromatic nitrogens is 1. The maximum atomic E-state index is 6.20. The molecule has 0 saturated heterocycles. The van der Waals surface area contributed by atoms with Crippen LogP contribution in [0.2, 0.25) is 0 Å². The Morgan fingerprint density at radius 1 is 0.388 bits per heavy atom. The second-order valence-corrected chi connectivity index (χ2v) is 12.9. The smallest absolute Gasteiger partial charge is 0.135 e. The highest BCUT2D eigenvalue weighted by Crippen LogP contribution is 2.50. The van der Waals surface area contributed by atoms with Crippen molar-refractivity contribution in [2.24, 2.45) is 0 Å². The fraction of sp³-hybridized carbons (Fsp3) is 0. The summed E-state index contributed by atoms with van der Waals surface area (Å²) in [7, 11) is 0. The summed E-state index contributed by atoms with van der Waals surface area (Å²) in [4.78, 5) is 2.34. The molecular formula is C46H28N2O. The molecule has 2 heterocycles. The number of hydrogen-bond acceptors (Lipinski definition) is 2. The van der Waals surface area contributed by atoms with Gasteiger partial charge < -0.3 is 13.9 Å². The predicted octanol–water partition coefficient (Wildman–Crippen LogP) is 13.0. The van der Waals surface area contributed by atoms with Crippen molar-refractivity contribution in [2.75, 3.05) is 4.90 Å². The zero-order valence-electron chi connectivity index (χ0n) is 26.5. The summed E-state index contributed by atoms with van der Waals surface area (Å²) in [6.07, 6.45) is 0. The van der Waals surface area contributed by atoms with Crippen LogP contribution in [0.1, 0.15) is 0 Å². The number of hydrogen-bond donors (Lipinski definition) is 0. The average Bonchev–Trinajstić information content (AvgIpc) is 3.67. The van der Waals surface area contributed by atoms with Gasteiger partial charge in [-0.3, -0.25) is 0 Å². The maximum Gasteiger partial charge on any atom is 0.135 e. The van der Waals surface area contributed by atoms with E-state index in [-0.39, 0.29) is 0 Å². The lowest BCUT2D eigenvalue weighted by Crippen LogP contribution is -2.10. The second kappa shape index (κ2) is 9.96. The zero-order valence-corrected chi connectivity index (χ0v) is 26.5. The number of nitrogens with zero attached hydrogens (tertiary/aromatic N) is 2. The molecule has 0 unspecified atom stereocenters. The summed E-state index contributed by atoms with van der Waals surface area (Å²) in [6, 6.07) is 61.3. The van der Waals surface area contributed by atoms with Crippen molar-refractivity contribution in [3.05, 3.63) is 170 Å². The van der Waals surface area contributed by atoms with Crippen molar-refractivity contribution in [1.29, 1.82) is 0 Å². The van der Waals surface area contributed by atoms with E-state index in [0.717, 1.165) is 44.7 Å². The van der Waals surface area contributed by atoms with Gasteiger partial charge in [-0.2, -0.15) is 0 Å². The van der Waals surface area contributed by atoms with Gasteiger partial charge in [-0.15, -0.1) is 0 Å². The summed E-state index contributed by atoms with van der Waals surface area (Å²) < 4.78 is 8.66. The van der Waals surface area contributed by atoms with Crippen LogP contribution in [0.15, 0.2) is 174 Å². The Kier molecular flexibility index (Phi) is 5.38. The van der Waals surface area contributed by atoms with Crippen LogP contribution in [0.4, 0.5) is 17.1 Å². The Balaban J connectivity index is 1.18. The van der Waals surface area contributed by atoms with Gasteiger partial charge in [0.05, 0.1) is 11.0 Å². The quantitative estimate of drug-likeness (QED) is 0.194. The second-order valence-electron chi connectivity index (χ2n) is 12.9. The van der Waals surface area contributed by atoms with Gasteiger partial charge in [0.15, 0.2) is 0 Å². The highest BCUT2D eigenvalue weighted by molar-refractivity contribution is 6.30. The molecule has 0 fully saturated rings.